The van der Waals surface area contributed by atoms with E-state index in [1.54, 1.807) is 6.92 Å². The first kappa shape index (κ1) is 17.1. The van der Waals surface area contributed by atoms with E-state index in [0.717, 1.165) is 6.54 Å². The SMILES string of the molecule is CC(N)C(=O)NCC1(N2CCSCC2)CCCC1.Cl. The van der Waals surface area contributed by atoms with Crippen LogP contribution in [0.25, 0.3) is 0 Å². The Balaban J connectivity index is 0.00000180. The fraction of sp³-hybridized carbons (Fsp3) is 0.923. The molecule has 4 nitrogen and oxygen atoms in total. The van der Waals surface area contributed by atoms with E-state index in [9.17, 15) is 4.79 Å². The Morgan fingerprint density at radius 3 is 2.47 bits per heavy atom. The molecule has 6 heteroatoms. The minimum Gasteiger partial charge on any atom is -0.353 e. The van der Waals surface area contributed by atoms with Crippen molar-refractivity contribution < 1.29 is 4.79 Å². The van der Waals surface area contributed by atoms with Gasteiger partial charge in [0, 0.05) is 36.7 Å². The summed E-state index contributed by atoms with van der Waals surface area (Å²) in [5, 5.41) is 3.05. The molecule has 2 rings (SSSR count). The van der Waals surface area contributed by atoms with Gasteiger partial charge in [-0.05, 0) is 19.8 Å². The molecule has 19 heavy (non-hydrogen) atoms. The summed E-state index contributed by atoms with van der Waals surface area (Å²) in [5.74, 6) is 2.43. The second-order valence-electron chi connectivity index (χ2n) is 5.54. The van der Waals surface area contributed by atoms with Crippen LogP contribution >= 0.6 is 24.2 Å². The zero-order chi connectivity index (χ0) is 13.0. The van der Waals surface area contributed by atoms with Crippen LogP contribution in [0, 0.1) is 0 Å². The van der Waals surface area contributed by atoms with Crippen LogP contribution in [0.2, 0.25) is 0 Å². The van der Waals surface area contributed by atoms with E-state index in [1.807, 2.05) is 11.8 Å². The monoisotopic (exact) mass is 307 g/mol. The van der Waals surface area contributed by atoms with Gasteiger partial charge in [-0.2, -0.15) is 11.8 Å². The van der Waals surface area contributed by atoms with Crippen molar-refractivity contribution in [1.82, 2.24) is 10.2 Å². The first-order chi connectivity index (χ1) is 8.64. The number of nitrogens with two attached hydrogens (primary N) is 1. The van der Waals surface area contributed by atoms with Gasteiger partial charge < -0.3 is 11.1 Å². The van der Waals surface area contributed by atoms with Crippen molar-refractivity contribution in [2.24, 2.45) is 5.73 Å². The third kappa shape index (κ3) is 4.25. The van der Waals surface area contributed by atoms with Gasteiger partial charge >= 0.3 is 0 Å². The van der Waals surface area contributed by atoms with Crippen LogP contribution < -0.4 is 11.1 Å². The van der Waals surface area contributed by atoms with Gasteiger partial charge in [-0.3, -0.25) is 9.69 Å². The van der Waals surface area contributed by atoms with Crippen LogP contribution in [0.3, 0.4) is 0 Å². The van der Waals surface area contributed by atoms with E-state index < -0.39 is 6.04 Å². The summed E-state index contributed by atoms with van der Waals surface area (Å²) in [6.45, 7) is 4.85. The highest BCUT2D eigenvalue weighted by Crippen LogP contribution is 2.36. The maximum atomic E-state index is 11.7. The van der Waals surface area contributed by atoms with Gasteiger partial charge in [0.2, 0.25) is 5.91 Å². The average molecular weight is 308 g/mol. The largest absolute Gasteiger partial charge is 0.353 e. The molecule has 1 aliphatic carbocycles. The Morgan fingerprint density at radius 1 is 1.37 bits per heavy atom. The number of thioether (sulfide) groups is 1. The predicted molar refractivity (Wildman–Crippen MR) is 84.0 cm³/mol. The van der Waals surface area contributed by atoms with Crippen molar-refractivity contribution in [2.45, 2.75) is 44.2 Å². The molecule has 1 atom stereocenters. The smallest absolute Gasteiger partial charge is 0.236 e. The molecule has 0 radical (unpaired) electrons. The lowest BCUT2D eigenvalue weighted by Gasteiger charge is -2.43. The van der Waals surface area contributed by atoms with Crippen LogP contribution in [0.4, 0.5) is 0 Å². The Hall–Kier alpha value is 0.0300. The summed E-state index contributed by atoms with van der Waals surface area (Å²) in [5.41, 5.74) is 5.83. The lowest BCUT2D eigenvalue weighted by atomic mass is 9.94. The Morgan fingerprint density at radius 2 is 1.95 bits per heavy atom. The molecule has 0 aromatic heterocycles. The number of halogens is 1. The van der Waals surface area contributed by atoms with Crippen molar-refractivity contribution in [1.29, 1.82) is 0 Å². The number of nitrogens with one attached hydrogen (secondary N) is 1. The highest BCUT2D eigenvalue weighted by molar-refractivity contribution is 7.99. The quantitative estimate of drug-likeness (QED) is 0.820. The summed E-state index contributed by atoms with van der Waals surface area (Å²) in [6.07, 6.45) is 5.02. The van der Waals surface area contributed by atoms with Crippen molar-refractivity contribution in [3.8, 4) is 0 Å². The summed E-state index contributed by atoms with van der Waals surface area (Å²) in [4.78, 5) is 14.3. The molecule has 1 heterocycles. The normalized spacial score (nSPS) is 24.5. The van der Waals surface area contributed by atoms with Gasteiger partial charge in [-0.1, -0.05) is 12.8 Å². The lowest BCUT2D eigenvalue weighted by Crippen LogP contribution is -2.57. The first-order valence-corrected chi connectivity index (χ1v) is 8.16. The minimum atomic E-state index is -0.402. The molecule has 1 unspecified atom stereocenters. The highest BCUT2D eigenvalue weighted by atomic mass is 35.5. The molecular weight excluding hydrogens is 282 g/mol. The second kappa shape index (κ2) is 7.72. The van der Waals surface area contributed by atoms with Crippen molar-refractivity contribution in [2.75, 3.05) is 31.1 Å². The van der Waals surface area contributed by atoms with Crippen LogP contribution in [-0.2, 0) is 4.79 Å². The Bertz CT molecular complexity index is 290. The molecule has 2 fully saturated rings. The fourth-order valence-electron chi connectivity index (χ4n) is 3.09. The van der Waals surface area contributed by atoms with E-state index in [1.165, 1.54) is 50.3 Å². The van der Waals surface area contributed by atoms with Crippen LogP contribution in [0.1, 0.15) is 32.6 Å². The summed E-state index contributed by atoms with van der Waals surface area (Å²) in [7, 11) is 0. The molecule has 1 amide bonds. The van der Waals surface area contributed by atoms with E-state index in [0.29, 0.717) is 0 Å². The molecule has 112 valence electrons. The average Bonchev–Trinajstić information content (AvgIpc) is 2.87. The van der Waals surface area contributed by atoms with Crippen molar-refractivity contribution >= 4 is 30.1 Å². The fourth-order valence-corrected chi connectivity index (χ4v) is 3.99. The predicted octanol–water partition coefficient (Wildman–Crippen LogP) is 1.23. The van der Waals surface area contributed by atoms with E-state index in [-0.39, 0.29) is 23.9 Å². The number of hydrogen-bond acceptors (Lipinski definition) is 4. The maximum Gasteiger partial charge on any atom is 0.236 e. The summed E-state index contributed by atoms with van der Waals surface area (Å²) in [6, 6.07) is -0.402. The number of rotatable bonds is 4. The molecule has 0 spiro atoms. The molecule has 0 aromatic rings. The number of carbonyl (C=O) groups excluding carboxylic acids is 1. The topological polar surface area (TPSA) is 58.4 Å². The molecule has 1 saturated heterocycles. The molecule has 2 aliphatic rings. The lowest BCUT2D eigenvalue weighted by molar-refractivity contribution is -0.122. The number of hydrogen-bond donors (Lipinski definition) is 2. The molecular formula is C13H26ClN3OS. The molecule has 1 aliphatic heterocycles. The molecule has 1 saturated carbocycles. The maximum absolute atomic E-state index is 11.7. The number of amides is 1. The van der Waals surface area contributed by atoms with Crippen molar-refractivity contribution in [3.63, 3.8) is 0 Å². The van der Waals surface area contributed by atoms with Gasteiger partial charge in [0.05, 0.1) is 6.04 Å². The van der Waals surface area contributed by atoms with Gasteiger partial charge in [-0.25, -0.2) is 0 Å². The molecule has 0 aromatic carbocycles. The molecule has 0 bridgehead atoms. The van der Waals surface area contributed by atoms with Gasteiger partial charge in [0.1, 0.15) is 0 Å². The third-order valence-corrected chi connectivity index (χ3v) is 5.16. The summed E-state index contributed by atoms with van der Waals surface area (Å²) >= 11 is 2.04. The standard InChI is InChI=1S/C13H25N3OS.ClH/c1-11(14)12(17)15-10-13(4-2-3-5-13)16-6-8-18-9-7-16;/h11H,2-10,14H2,1H3,(H,15,17);1H. The minimum absolute atomic E-state index is 0. The van der Waals surface area contributed by atoms with Crippen LogP contribution in [0.5, 0.6) is 0 Å². The first-order valence-electron chi connectivity index (χ1n) is 7.00. The third-order valence-electron chi connectivity index (χ3n) is 4.22. The number of carbonyl (C=O) groups is 1. The summed E-state index contributed by atoms with van der Waals surface area (Å²) < 4.78 is 0. The number of nitrogens with zero attached hydrogens (tertiary/aromatic N) is 1. The van der Waals surface area contributed by atoms with E-state index in [4.69, 9.17) is 5.73 Å². The van der Waals surface area contributed by atoms with Gasteiger partial charge in [0.15, 0.2) is 0 Å². The zero-order valence-electron chi connectivity index (χ0n) is 11.7. The van der Waals surface area contributed by atoms with E-state index >= 15 is 0 Å². The highest BCUT2D eigenvalue weighted by Gasteiger charge is 2.40. The van der Waals surface area contributed by atoms with E-state index in [2.05, 4.69) is 10.2 Å². The van der Waals surface area contributed by atoms with Gasteiger partial charge in [-0.15, -0.1) is 12.4 Å². The Kier molecular flexibility index (Phi) is 6.94. The molecule has 3 N–H and O–H groups in total. The van der Waals surface area contributed by atoms with Crippen LogP contribution in [-0.4, -0.2) is 53.5 Å². The Labute approximate surface area is 126 Å². The van der Waals surface area contributed by atoms with Crippen molar-refractivity contribution in [3.05, 3.63) is 0 Å². The second-order valence-corrected chi connectivity index (χ2v) is 6.76. The van der Waals surface area contributed by atoms with Crippen LogP contribution in [0.15, 0.2) is 0 Å². The zero-order valence-corrected chi connectivity index (χ0v) is 13.3. The van der Waals surface area contributed by atoms with Gasteiger partial charge in [0.25, 0.3) is 0 Å².